The number of rotatable bonds is 3. The molecule has 5 heteroatoms. The zero-order valence-corrected chi connectivity index (χ0v) is 20.5. The fourth-order valence-corrected chi connectivity index (χ4v) is 5.53. The van der Waals surface area contributed by atoms with Crippen molar-refractivity contribution < 1.29 is 8.78 Å². The smallest absolute Gasteiger partial charge is 0.123 e. The van der Waals surface area contributed by atoms with Crippen molar-refractivity contribution in [2.45, 2.75) is 6.42 Å². The molecule has 1 aliphatic carbocycles. The summed E-state index contributed by atoms with van der Waals surface area (Å²) >= 11 is 0. The molecular weight excluding hydrogens is 488 g/mol. The van der Waals surface area contributed by atoms with Crippen LogP contribution in [0.5, 0.6) is 0 Å². The Bertz CT molecular complexity index is 2120. The highest BCUT2D eigenvalue weighted by atomic mass is 19.1. The van der Waals surface area contributed by atoms with Crippen molar-refractivity contribution in [3.05, 3.63) is 141 Å². The van der Waals surface area contributed by atoms with Gasteiger partial charge in [-0.3, -0.25) is 0 Å². The van der Waals surface area contributed by atoms with Crippen LogP contribution < -0.4 is 10.4 Å². The van der Waals surface area contributed by atoms with E-state index in [1.54, 1.807) is 30.3 Å². The highest BCUT2D eigenvalue weighted by molar-refractivity contribution is 6.15. The Morgan fingerprint density at radius 3 is 1.67 bits per heavy atom. The third kappa shape index (κ3) is 3.75. The molecule has 5 aromatic carbocycles. The monoisotopic (exact) mass is 505 g/mol. The lowest BCUT2D eigenvalue weighted by molar-refractivity contribution is 0.627. The van der Waals surface area contributed by atoms with Gasteiger partial charge in [0.15, 0.2) is 0 Å². The van der Waals surface area contributed by atoms with Crippen molar-refractivity contribution in [3.8, 4) is 18.2 Å². The van der Waals surface area contributed by atoms with Crippen LogP contribution in [0.4, 0.5) is 8.78 Å². The Hall–Kier alpha value is -5.57. The van der Waals surface area contributed by atoms with E-state index in [0.717, 1.165) is 32.0 Å². The highest BCUT2D eigenvalue weighted by Gasteiger charge is 2.29. The van der Waals surface area contributed by atoms with Gasteiger partial charge in [0, 0.05) is 5.57 Å². The minimum atomic E-state index is -0.398. The summed E-state index contributed by atoms with van der Waals surface area (Å²) in [6.07, 6.45) is -0.135. The molecule has 0 atom stereocenters. The minimum absolute atomic E-state index is 0.135. The predicted octanol–water partition coefficient (Wildman–Crippen LogP) is 6.29. The molecule has 0 fully saturated rings. The van der Waals surface area contributed by atoms with E-state index in [9.17, 15) is 24.6 Å². The second kappa shape index (κ2) is 9.38. The average molecular weight is 506 g/mol. The third-order valence-corrected chi connectivity index (χ3v) is 7.11. The van der Waals surface area contributed by atoms with Crippen molar-refractivity contribution in [1.82, 2.24) is 0 Å². The second-order valence-electron chi connectivity index (χ2n) is 9.23. The van der Waals surface area contributed by atoms with Gasteiger partial charge in [-0.15, -0.1) is 0 Å². The number of allylic oxidation sites excluding steroid dienone is 2. The van der Waals surface area contributed by atoms with E-state index in [2.05, 4.69) is 18.2 Å². The summed E-state index contributed by atoms with van der Waals surface area (Å²) in [6, 6.07) is 32.0. The first-order valence-electron chi connectivity index (χ1n) is 12.2. The number of hydrogen-bond donors (Lipinski definition) is 0. The SMILES string of the molecule is N#CC/C(C#N)=C1/C(c2ccc(F)cc2)=c2c(c3ccc(C#N)cc3c3ccccc23)=C1c1ccc(F)cc1. The first-order valence-corrected chi connectivity index (χ1v) is 12.2. The van der Waals surface area contributed by atoms with Crippen LogP contribution in [0.15, 0.2) is 102 Å². The highest BCUT2D eigenvalue weighted by Crippen LogP contribution is 2.39. The second-order valence-corrected chi connectivity index (χ2v) is 9.23. The van der Waals surface area contributed by atoms with E-state index >= 15 is 0 Å². The van der Waals surface area contributed by atoms with Crippen molar-refractivity contribution in [1.29, 1.82) is 15.8 Å². The third-order valence-electron chi connectivity index (χ3n) is 7.11. The van der Waals surface area contributed by atoms with Crippen LogP contribution in [-0.2, 0) is 0 Å². The molecule has 0 amide bonds. The molecule has 3 nitrogen and oxygen atoms in total. The molecule has 182 valence electrons. The number of hydrogen-bond acceptors (Lipinski definition) is 3. The molecule has 5 aromatic rings. The van der Waals surface area contributed by atoms with Gasteiger partial charge in [-0.2, -0.15) is 15.8 Å². The number of fused-ring (bicyclic) bond motifs is 6. The lowest BCUT2D eigenvalue weighted by Gasteiger charge is -2.14. The van der Waals surface area contributed by atoms with Gasteiger partial charge in [-0.25, -0.2) is 8.78 Å². The average Bonchev–Trinajstić information content (AvgIpc) is 3.32. The van der Waals surface area contributed by atoms with Crippen LogP contribution in [0.25, 0.3) is 32.7 Å². The summed E-state index contributed by atoms with van der Waals surface area (Å²) in [5, 5.41) is 34.7. The normalized spacial score (nSPS) is 13.6. The predicted molar refractivity (Wildman–Crippen MR) is 146 cm³/mol. The molecule has 0 aromatic heterocycles. The number of nitriles is 3. The maximum atomic E-state index is 14.0. The molecule has 0 spiro atoms. The molecule has 0 radical (unpaired) electrons. The molecule has 0 N–H and O–H groups in total. The fourth-order valence-electron chi connectivity index (χ4n) is 5.53. The summed E-state index contributed by atoms with van der Waals surface area (Å²) in [5.41, 5.74) is 4.10. The quantitative estimate of drug-likeness (QED) is 0.214. The number of halogens is 2. The van der Waals surface area contributed by atoms with Gasteiger partial charge in [0.25, 0.3) is 0 Å². The molecule has 39 heavy (non-hydrogen) atoms. The van der Waals surface area contributed by atoms with Gasteiger partial charge in [-0.1, -0.05) is 54.6 Å². The topological polar surface area (TPSA) is 71.4 Å². The maximum Gasteiger partial charge on any atom is 0.123 e. The minimum Gasteiger partial charge on any atom is -0.207 e. The standard InChI is InChI=1S/C34H17F2N3/c35-24-10-6-21(7-11-24)30-32(23(19-39)15-16-37)31(22-8-12-25(36)13-9-22)34-28-14-5-20(18-38)17-29(28)26-3-1-2-4-27(26)33(30)34/h1-14,17H,15H2/b32-23+. The molecule has 0 aliphatic heterocycles. The summed E-state index contributed by atoms with van der Waals surface area (Å²) in [7, 11) is 0. The van der Waals surface area contributed by atoms with Crippen LogP contribution in [0.2, 0.25) is 0 Å². The Kier molecular flexibility index (Phi) is 5.73. The summed E-state index contributed by atoms with van der Waals surface area (Å²) < 4.78 is 28.1. The molecule has 0 unspecified atom stereocenters. The van der Waals surface area contributed by atoms with Crippen LogP contribution >= 0.6 is 0 Å². The van der Waals surface area contributed by atoms with E-state index in [-0.39, 0.29) is 12.0 Å². The molecular formula is C34H17F2N3. The van der Waals surface area contributed by atoms with E-state index in [4.69, 9.17) is 0 Å². The summed E-state index contributed by atoms with van der Waals surface area (Å²) in [6.45, 7) is 0. The van der Waals surface area contributed by atoms with Crippen molar-refractivity contribution in [3.63, 3.8) is 0 Å². The molecule has 0 bridgehead atoms. The van der Waals surface area contributed by atoms with Gasteiger partial charge in [0.05, 0.1) is 35.8 Å². The van der Waals surface area contributed by atoms with Crippen molar-refractivity contribution >= 4 is 32.7 Å². The van der Waals surface area contributed by atoms with Crippen LogP contribution in [0.3, 0.4) is 0 Å². The van der Waals surface area contributed by atoms with Gasteiger partial charge >= 0.3 is 0 Å². The molecule has 0 saturated carbocycles. The number of nitrogens with zero attached hydrogens (tertiary/aromatic N) is 3. The van der Waals surface area contributed by atoms with Crippen LogP contribution in [0, 0.1) is 45.6 Å². The van der Waals surface area contributed by atoms with Crippen LogP contribution in [0.1, 0.15) is 23.1 Å². The van der Waals surface area contributed by atoms with Gasteiger partial charge < -0.3 is 0 Å². The first-order chi connectivity index (χ1) is 19.0. The molecule has 6 rings (SSSR count). The Balaban J connectivity index is 2.00. The van der Waals surface area contributed by atoms with Gasteiger partial charge in [0.1, 0.15) is 11.6 Å². The van der Waals surface area contributed by atoms with E-state index in [0.29, 0.717) is 33.4 Å². The zero-order chi connectivity index (χ0) is 27.1. The van der Waals surface area contributed by atoms with Gasteiger partial charge in [0.2, 0.25) is 0 Å². The Morgan fingerprint density at radius 2 is 1.15 bits per heavy atom. The van der Waals surface area contributed by atoms with Crippen LogP contribution in [-0.4, -0.2) is 0 Å². The zero-order valence-electron chi connectivity index (χ0n) is 20.5. The molecule has 0 saturated heterocycles. The lowest BCUT2D eigenvalue weighted by atomic mass is 9.87. The fraction of sp³-hybridized carbons (Fsp3) is 0.0294. The van der Waals surface area contributed by atoms with E-state index in [1.165, 1.54) is 24.3 Å². The molecule has 1 aliphatic rings. The maximum absolute atomic E-state index is 14.0. The van der Waals surface area contributed by atoms with Crippen molar-refractivity contribution in [2.24, 2.45) is 0 Å². The summed E-state index contributed by atoms with van der Waals surface area (Å²) in [4.78, 5) is 0. The number of benzene rings is 5. The molecule has 0 heterocycles. The first kappa shape index (κ1) is 23.8. The van der Waals surface area contributed by atoms with E-state index in [1.807, 2.05) is 36.4 Å². The van der Waals surface area contributed by atoms with Crippen molar-refractivity contribution in [2.75, 3.05) is 0 Å². The van der Waals surface area contributed by atoms with Gasteiger partial charge in [-0.05, 0) is 90.7 Å². The largest absolute Gasteiger partial charge is 0.207 e. The summed E-state index contributed by atoms with van der Waals surface area (Å²) in [5.74, 6) is -0.791. The Morgan fingerprint density at radius 1 is 0.615 bits per heavy atom. The van der Waals surface area contributed by atoms with E-state index < -0.39 is 11.6 Å². The lowest BCUT2D eigenvalue weighted by Crippen LogP contribution is -2.27. The Labute approximate surface area is 222 Å².